The van der Waals surface area contributed by atoms with E-state index in [0.29, 0.717) is 0 Å². The van der Waals surface area contributed by atoms with E-state index in [0.717, 1.165) is 29.0 Å². The van der Waals surface area contributed by atoms with Crippen molar-refractivity contribution in [3.63, 3.8) is 0 Å². The van der Waals surface area contributed by atoms with Gasteiger partial charge in [0.2, 0.25) is 0 Å². The summed E-state index contributed by atoms with van der Waals surface area (Å²) in [5.74, 6) is 0. The quantitative estimate of drug-likeness (QED) is 0.813. The second kappa shape index (κ2) is 5.46. The van der Waals surface area contributed by atoms with Crippen LogP contribution >= 0.6 is 27.5 Å². The van der Waals surface area contributed by atoms with Gasteiger partial charge in [0.1, 0.15) is 0 Å². The Morgan fingerprint density at radius 1 is 1.25 bits per heavy atom. The molecule has 0 saturated heterocycles. The molecule has 2 aromatic rings. The van der Waals surface area contributed by atoms with Crippen LogP contribution in [0.2, 0.25) is 5.02 Å². The predicted molar refractivity (Wildman–Crippen MR) is 68.1 cm³/mol. The van der Waals surface area contributed by atoms with E-state index in [-0.39, 0.29) is 0 Å². The Balaban J connectivity index is 2.05. The monoisotopic (exact) mass is 299 g/mol. The van der Waals surface area contributed by atoms with Gasteiger partial charge in [-0.3, -0.25) is 0 Å². The van der Waals surface area contributed by atoms with Crippen LogP contribution in [0.3, 0.4) is 0 Å². The summed E-state index contributed by atoms with van der Waals surface area (Å²) in [6.07, 6.45) is 2.87. The maximum atomic E-state index is 5.82. The van der Waals surface area contributed by atoms with E-state index >= 15 is 0 Å². The molecular formula is C11H11BrClN3. The third-order valence-corrected chi connectivity index (χ3v) is 2.84. The van der Waals surface area contributed by atoms with Crippen molar-refractivity contribution < 1.29 is 0 Å². The Hall–Kier alpha value is -0.870. The van der Waals surface area contributed by atoms with Crippen LogP contribution in [-0.2, 0) is 13.0 Å². The molecule has 84 valence electrons. The summed E-state index contributed by atoms with van der Waals surface area (Å²) >= 11 is 9.20. The molecule has 1 aromatic carbocycles. The van der Waals surface area contributed by atoms with Crippen molar-refractivity contribution in [3.8, 4) is 0 Å². The number of halogens is 2. The number of rotatable bonds is 4. The van der Waals surface area contributed by atoms with Gasteiger partial charge in [0.15, 0.2) is 0 Å². The molecular weight excluding hydrogens is 289 g/mol. The lowest BCUT2D eigenvalue weighted by molar-refractivity contribution is 0.649. The normalized spacial score (nSPS) is 10.6. The van der Waals surface area contributed by atoms with Gasteiger partial charge >= 0.3 is 0 Å². The first-order chi connectivity index (χ1) is 7.78. The molecule has 0 N–H and O–H groups in total. The van der Waals surface area contributed by atoms with Crippen LogP contribution in [0.25, 0.3) is 0 Å². The second-order valence-electron chi connectivity index (χ2n) is 3.47. The number of aryl methyl sites for hydroxylation is 1. The zero-order chi connectivity index (χ0) is 11.4. The van der Waals surface area contributed by atoms with E-state index in [1.165, 1.54) is 5.56 Å². The molecule has 0 aliphatic heterocycles. The fourth-order valence-electron chi connectivity index (χ4n) is 1.40. The van der Waals surface area contributed by atoms with Crippen molar-refractivity contribution in [3.05, 3.63) is 46.7 Å². The van der Waals surface area contributed by atoms with E-state index in [1.807, 2.05) is 35.1 Å². The summed E-state index contributed by atoms with van der Waals surface area (Å²) in [6, 6.07) is 7.75. The van der Waals surface area contributed by atoms with Crippen molar-refractivity contribution in [1.29, 1.82) is 0 Å². The number of nitrogens with zero attached hydrogens (tertiary/aromatic N) is 3. The fraction of sp³-hybridized carbons (Fsp3) is 0.273. The third-order valence-electron chi connectivity index (χ3n) is 2.19. The number of hydrogen-bond acceptors (Lipinski definition) is 2. The molecule has 0 atom stereocenters. The first-order valence-corrected chi connectivity index (χ1v) is 6.47. The van der Waals surface area contributed by atoms with Gasteiger partial charge < -0.3 is 0 Å². The second-order valence-corrected chi connectivity index (χ2v) is 4.70. The molecule has 0 unspecified atom stereocenters. The van der Waals surface area contributed by atoms with Gasteiger partial charge in [0, 0.05) is 23.0 Å². The minimum atomic E-state index is 0.729. The average Bonchev–Trinajstić information content (AvgIpc) is 2.70. The molecule has 5 heteroatoms. The molecule has 1 heterocycles. The van der Waals surface area contributed by atoms with Crippen molar-refractivity contribution >= 4 is 27.5 Å². The first-order valence-electron chi connectivity index (χ1n) is 4.97. The van der Waals surface area contributed by atoms with E-state index in [9.17, 15) is 0 Å². The highest BCUT2D eigenvalue weighted by molar-refractivity contribution is 9.09. The van der Waals surface area contributed by atoms with Crippen LogP contribution in [0.5, 0.6) is 0 Å². The maximum absolute atomic E-state index is 5.82. The minimum absolute atomic E-state index is 0.729. The van der Waals surface area contributed by atoms with Crippen LogP contribution in [0.15, 0.2) is 30.5 Å². The molecule has 1 aromatic heterocycles. The Kier molecular flexibility index (Phi) is 3.96. The van der Waals surface area contributed by atoms with Crippen molar-refractivity contribution in [2.24, 2.45) is 0 Å². The Labute approximate surface area is 108 Å². The standard InChI is InChI=1S/C11H11BrClN3/c12-6-5-11-8-16(15-14-11)7-9-1-3-10(13)4-2-9/h1-4,8H,5-7H2. The lowest BCUT2D eigenvalue weighted by Crippen LogP contribution is -1.99. The summed E-state index contributed by atoms with van der Waals surface area (Å²) in [6.45, 7) is 0.729. The zero-order valence-corrected chi connectivity index (χ0v) is 10.9. The number of hydrogen-bond donors (Lipinski definition) is 0. The molecule has 0 saturated carbocycles. The van der Waals surface area contributed by atoms with E-state index in [2.05, 4.69) is 26.2 Å². The van der Waals surface area contributed by atoms with Crippen LogP contribution < -0.4 is 0 Å². The van der Waals surface area contributed by atoms with Crippen LogP contribution in [-0.4, -0.2) is 20.3 Å². The number of alkyl halides is 1. The molecule has 16 heavy (non-hydrogen) atoms. The molecule has 0 amide bonds. The van der Waals surface area contributed by atoms with Crippen molar-refractivity contribution in [2.45, 2.75) is 13.0 Å². The topological polar surface area (TPSA) is 30.7 Å². The minimum Gasteiger partial charge on any atom is -0.248 e. The summed E-state index contributed by atoms with van der Waals surface area (Å²) in [4.78, 5) is 0. The predicted octanol–water partition coefficient (Wildman–Crippen LogP) is 2.92. The molecule has 0 fully saturated rings. The molecule has 0 bridgehead atoms. The zero-order valence-electron chi connectivity index (χ0n) is 8.61. The van der Waals surface area contributed by atoms with E-state index in [4.69, 9.17) is 11.6 Å². The van der Waals surface area contributed by atoms with Gasteiger partial charge in [-0.05, 0) is 17.7 Å². The molecule has 0 radical (unpaired) electrons. The lowest BCUT2D eigenvalue weighted by Gasteiger charge is -2.00. The van der Waals surface area contributed by atoms with Gasteiger partial charge in [0.05, 0.1) is 12.2 Å². The van der Waals surface area contributed by atoms with E-state index in [1.54, 1.807) is 0 Å². The van der Waals surface area contributed by atoms with Gasteiger partial charge in [-0.25, -0.2) is 4.68 Å². The molecule has 0 aliphatic rings. The van der Waals surface area contributed by atoms with Gasteiger partial charge in [0.25, 0.3) is 0 Å². The van der Waals surface area contributed by atoms with Crippen molar-refractivity contribution in [1.82, 2.24) is 15.0 Å². The molecule has 3 nitrogen and oxygen atoms in total. The largest absolute Gasteiger partial charge is 0.248 e. The van der Waals surface area contributed by atoms with Gasteiger partial charge in [-0.15, -0.1) is 5.10 Å². The Morgan fingerprint density at radius 2 is 2.00 bits per heavy atom. The highest BCUT2D eigenvalue weighted by Crippen LogP contribution is 2.10. The lowest BCUT2D eigenvalue weighted by atomic mass is 10.2. The maximum Gasteiger partial charge on any atom is 0.0835 e. The summed E-state index contributed by atoms with van der Waals surface area (Å²) in [5.41, 5.74) is 2.17. The number of aromatic nitrogens is 3. The summed E-state index contributed by atoms with van der Waals surface area (Å²) < 4.78 is 1.83. The SMILES string of the molecule is Clc1ccc(Cn2cc(CCBr)nn2)cc1. The first kappa shape index (κ1) is 11.6. The highest BCUT2D eigenvalue weighted by Gasteiger charge is 2.00. The molecule has 2 rings (SSSR count). The average molecular weight is 301 g/mol. The van der Waals surface area contributed by atoms with Gasteiger partial charge in [-0.2, -0.15) is 0 Å². The van der Waals surface area contributed by atoms with Crippen molar-refractivity contribution in [2.75, 3.05) is 5.33 Å². The molecule has 0 aliphatic carbocycles. The summed E-state index contributed by atoms with van der Waals surface area (Å²) in [5, 5.41) is 9.80. The third kappa shape index (κ3) is 3.06. The summed E-state index contributed by atoms with van der Waals surface area (Å²) in [7, 11) is 0. The smallest absolute Gasteiger partial charge is 0.0835 e. The molecule has 0 spiro atoms. The van der Waals surface area contributed by atoms with Crippen LogP contribution in [0.1, 0.15) is 11.3 Å². The Bertz CT molecular complexity index is 453. The highest BCUT2D eigenvalue weighted by atomic mass is 79.9. The van der Waals surface area contributed by atoms with Crippen LogP contribution in [0, 0.1) is 0 Å². The Morgan fingerprint density at radius 3 is 2.69 bits per heavy atom. The van der Waals surface area contributed by atoms with Crippen LogP contribution in [0.4, 0.5) is 0 Å². The fourth-order valence-corrected chi connectivity index (χ4v) is 1.94. The number of benzene rings is 1. The van der Waals surface area contributed by atoms with E-state index < -0.39 is 0 Å². The van der Waals surface area contributed by atoms with Gasteiger partial charge in [-0.1, -0.05) is 44.9 Å².